The molecule has 16 heteroatoms. The Balaban J connectivity index is 1.83. The number of alkyl halides is 3. The van der Waals surface area contributed by atoms with Gasteiger partial charge in [0.25, 0.3) is 8.32 Å². The maximum absolute atomic E-state index is 15.6. The van der Waals surface area contributed by atoms with Crippen LogP contribution in [-0.2, 0) is 23.0 Å². The Morgan fingerprint density at radius 1 is 1.09 bits per heavy atom. The summed E-state index contributed by atoms with van der Waals surface area (Å²) in [5.41, 5.74) is 0.864. The van der Waals surface area contributed by atoms with E-state index < -0.39 is 36.8 Å². The van der Waals surface area contributed by atoms with Crippen molar-refractivity contribution in [1.29, 1.82) is 0 Å². The van der Waals surface area contributed by atoms with Crippen LogP contribution in [0.4, 0.5) is 29.1 Å². The van der Waals surface area contributed by atoms with Gasteiger partial charge in [0.2, 0.25) is 10.0 Å². The number of aromatic amines is 1. The van der Waals surface area contributed by atoms with E-state index in [1.807, 2.05) is 56.5 Å². The summed E-state index contributed by atoms with van der Waals surface area (Å²) in [6.45, 7) is 11.6. The summed E-state index contributed by atoms with van der Waals surface area (Å²) in [6, 6.07) is 9.00. The number of hydrogen-bond acceptors (Lipinski definition) is 7. The van der Waals surface area contributed by atoms with Crippen LogP contribution in [0.15, 0.2) is 36.4 Å². The van der Waals surface area contributed by atoms with E-state index in [1.165, 1.54) is 4.31 Å². The Bertz CT molecular complexity index is 1830. The van der Waals surface area contributed by atoms with Crippen molar-refractivity contribution in [2.75, 3.05) is 22.4 Å². The smallest absolute Gasteiger partial charge is 0.393 e. The number of benzene rings is 2. The van der Waals surface area contributed by atoms with Crippen molar-refractivity contribution in [3.05, 3.63) is 57.0 Å². The molecule has 0 unspecified atom stereocenters. The van der Waals surface area contributed by atoms with Gasteiger partial charge in [0.15, 0.2) is 17.3 Å². The molecule has 4 aromatic rings. The molecule has 2 aromatic heterocycles. The minimum atomic E-state index is -4.61. The lowest BCUT2D eigenvalue weighted by atomic mass is 10.0. The number of nitrogens with zero attached hydrogens (tertiary/aromatic N) is 4. The highest BCUT2D eigenvalue weighted by Crippen LogP contribution is 2.40. The number of rotatable bonds is 10. The van der Waals surface area contributed by atoms with Gasteiger partial charge in [-0.2, -0.15) is 18.3 Å². The lowest BCUT2D eigenvalue weighted by Crippen LogP contribution is -2.44. The van der Waals surface area contributed by atoms with Gasteiger partial charge in [-0.15, -0.1) is 0 Å². The Hall–Kier alpha value is -2.99. The molecule has 0 aliphatic carbocycles. The van der Waals surface area contributed by atoms with E-state index in [0.29, 0.717) is 20.3 Å². The van der Waals surface area contributed by atoms with E-state index in [-0.39, 0.29) is 52.3 Å². The third-order valence-electron chi connectivity index (χ3n) is 7.72. The van der Waals surface area contributed by atoms with Crippen LogP contribution >= 0.6 is 22.6 Å². The molecule has 0 amide bonds. The Morgan fingerprint density at radius 2 is 1.76 bits per heavy atom. The lowest BCUT2D eigenvalue weighted by molar-refractivity contribution is -0.127. The number of H-pyrrole nitrogens is 1. The van der Waals surface area contributed by atoms with E-state index in [0.717, 1.165) is 18.4 Å². The summed E-state index contributed by atoms with van der Waals surface area (Å²) in [4.78, 5) is 8.95. The molecular weight excluding hydrogens is 743 g/mol. The summed E-state index contributed by atoms with van der Waals surface area (Å²) >= 11 is 2.00. The molecule has 0 atom stereocenters. The van der Waals surface area contributed by atoms with Crippen LogP contribution in [0, 0.1) is 9.52 Å². The SMILES string of the molecule is CCN(c1ccccc1CNc1nc(-c2cc(F)c(O[Si](C)(C)C(C)(C)C)cc2CC(F)(F)F)nc2n[nH]c(I)c12)S(C)(=O)=O. The molecule has 0 radical (unpaired) electrons. The Kier molecular flexibility index (Phi) is 9.81. The van der Waals surface area contributed by atoms with E-state index in [1.54, 1.807) is 31.2 Å². The predicted molar refractivity (Wildman–Crippen MR) is 179 cm³/mol. The second-order valence-corrected chi connectivity index (χ2v) is 19.8. The van der Waals surface area contributed by atoms with Gasteiger partial charge in [-0.25, -0.2) is 22.8 Å². The van der Waals surface area contributed by atoms with Crippen molar-refractivity contribution >= 4 is 63.5 Å². The molecule has 0 saturated carbocycles. The monoisotopic (exact) mass is 778 g/mol. The molecule has 2 N–H and O–H groups in total. The van der Waals surface area contributed by atoms with Crippen molar-refractivity contribution in [2.24, 2.45) is 0 Å². The van der Waals surface area contributed by atoms with Crippen LogP contribution in [0.25, 0.3) is 22.4 Å². The molecule has 4 rings (SSSR count). The summed E-state index contributed by atoms with van der Waals surface area (Å²) in [5.74, 6) is -1.01. The number of halogens is 5. The second-order valence-electron chi connectivity index (χ2n) is 12.1. The molecule has 2 aromatic carbocycles. The average molecular weight is 779 g/mol. The molecule has 0 fully saturated rings. The summed E-state index contributed by atoms with van der Waals surface area (Å²) in [7, 11) is -6.15. The number of anilines is 2. The zero-order valence-corrected chi connectivity index (χ0v) is 29.9. The highest BCUT2D eigenvalue weighted by Gasteiger charge is 2.40. The molecular formula is C29H35F4IN6O3SSi. The predicted octanol–water partition coefficient (Wildman–Crippen LogP) is 7.65. The van der Waals surface area contributed by atoms with Crippen molar-refractivity contribution in [1.82, 2.24) is 20.2 Å². The van der Waals surface area contributed by atoms with Gasteiger partial charge in [-0.1, -0.05) is 39.0 Å². The average Bonchev–Trinajstić information content (AvgIpc) is 3.28. The van der Waals surface area contributed by atoms with E-state index in [4.69, 9.17) is 4.43 Å². The maximum atomic E-state index is 15.6. The molecule has 2 heterocycles. The standard InChI is InChI=1S/C29H35F4IN6O3SSi/c1-8-40(44(5,41)42)21-12-10-9-11-17(21)16-35-26-23-24(34)38-39-27(23)37-25(36-26)19-14-20(30)22(13-18(19)15-29(31,32)33)43-45(6,7)28(2,3)4/h9-14H,8,15-16H2,1-7H3,(H2,35,36,37,38,39). The first kappa shape index (κ1) is 34.9. The van der Waals surface area contributed by atoms with Crippen LogP contribution in [0.5, 0.6) is 5.75 Å². The van der Waals surface area contributed by atoms with Gasteiger partial charge in [-0.05, 0) is 77.0 Å². The van der Waals surface area contributed by atoms with Crippen LogP contribution < -0.4 is 14.0 Å². The summed E-state index contributed by atoms with van der Waals surface area (Å²) in [5, 5.41) is 10.3. The first-order chi connectivity index (χ1) is 20.7. The van der Waals surface area contributed by atoms with E-state index in [2.05, 4.69) is 25.5 Å². The molecule has 0 aliphatic heterocycles. The minimum Gasteiger partial charge on any atom is -0.542 e. The molecule has 244 valence electrons. The minimum absolute atomic E-state index is 0.109. The molecule has 45 heavy (non-hydrogen) atoms. The largest absolute Gasteiger partial charge is 0.542 e. The van der Waals surface area contributed by atoms with E-state index in [9.17, 15) is 21.6 Å². The van der Waals surface area contributed by atoms with Crippen molar-refractivity contribution in [3.63, 3.8) is 0 Å². The van der Waals surface area contributed by atoms with Gasteiger partial charge in [-0.3, -0.25) is 9.40 Å². The zero-order chi connectivity index (χ0) is 33.5. The van der Waals surface area contributed by atoms with Gasteiger partial charge >= 0.3 is 6.18 Å². The first-order valence-corrected chi connectivity index (χ1v) is 19.8. The summed E-state index contributed by atoms with van der Waals surface area (Å²) < 4.78 is 89.8. The van der Waals surface area contributed by atoms with Crippen molar-refractivity contribution < 1.29 is 30.4 Å². The van der Waals surface area contributed by atoms with Gasteiger partial charge in [0.1, 0.15) is 15.3 Å². The molecule has 0 spiro atoms. The number of sulfonamides is 1. The van der Waals surface area contributed by atoms with Crippen molar-refractivity contribution in [2.45, 2.75) is 65.0 Å². The van der Waals surface area contributed by atoms with E-state index >= 15 is 4.39 Å². The number of aromatic nitrogens is 4. The Labute approximate surface area is 274 Å². The third kappa shape index (κ3) is 7.88. The van der Waals surface area contributed by atoms with Crippen LogP contribution in [0.3, 0.4) is 0 Å². The number of hydrogen-bond donors (Lipinski definition) is 2. The van der Waals surface area contributed by atoms with Gasteiger partial charge in [0.05, 0.1) is 23.8 Å². The highest BCUT2D eigenvalue weighted by molar-refractivity contribution is 14.1. The van der Waals surface area contributed by atoms with Gasteiger partial charge in [0, 0.05) is 18.7 Å². The molecule has 0 saturated heterocycles. The fourth-order valence-corrected chi connectivity index (χ4v) is 7.11. The number of para-hydroxylation sites is 1. The highest BCUT2D eigenvalue weighted by atomic mass is 127. The fraction of sp³-hybridized carbons (Fsp3) is 0.414. The fourth-order valence-electron chi connectivity index (χ4n) is 4.48. The third-order valence-corrected chi connectivity index (χ3v) is 14.1. The first-order valence-electron chi connectivity index (χ1n) is 14.0. The quantitative estimate of drug-likeness (QED) is 0.0967. The van der Waals surface area contributed by atoms with Gasteiger partial charge < -0.3 is 9.74 Å². The van der Waals surface area contributed by atoms with Crippen molar-refractivity contribution in [3.8, 4) is 17.1 Å². The lowest BCUT2D eigenvalue weighted by Gasteiger charge is -2.36. The number of nitrogens with one attached hydrogen (secondary N) is 2. The maximum Gasteiger partial charge on any atom is 0.393 e. The Morgan fingerprint density at radius 3 is 2.36 bits per heavy atom. The zero-order valence-electron chi connectivity index (χ0n) is 25.9. The van der Waals surface area contributed by atoms with Crippen LogP contribution in [0.1, 0.15) is 38.8 Å². The van der Waals surface area contributed by atoms with Crippen LogP contribution in [0.2, 0.25) is 18.1 Å². The normalized spacial score (nSPS) is 12.9. The molecule has 9 nitrogen and oxygen atoms in total. The molecule has 0 bridgehead atoms. The van der Waals surface area contributed by atoms with Crippen LogP contribution in [-0.4, -0.2) is 55.9 Å². The summed E-state index contributed by atoms with van der Waals surface area (Å²) in [6.07, 6.45) is -4.85. The molecule has 0 aliphatic rings. The second kappa shape index (κ2) is 12.7. The number of fused-ring (bicyclic) bond motifs is 1. The topological polar surface area (TPSA) is 113 Å².